The van der Waals surface area contributed by atoms with E-state index in [1.807, 2.05) is 11.6 Å². The van der Waals surface area contributed by atoms with Crippen LogP contribution < -0.4 is 5.32 Å². The highest BCUT2D eigenvalue weighted by molar-refractivity contribution is 9.10. The second-order valence-electron chi connectivity index (χ2n) is 3.70. The lowest BCUT2D eigenvalue weighted by atomic mass is 10.3. The Morgan fingerprint density at radius 3 is 2.76 bits per heavy atom. The first-order valence-electron chi connectivity index (χ1n) is 5.76. The third-order valence-corrected chi connectivity index (χ3v) is 3.42. The lowest BCUT2D eigenvalue weighted by Gasteiger charge is -2.06. The van der Waals surface area contributed by atoms with E-state index in [2.05, 4.69) is 33.3 Å². The molecule has 1 rings (SSSR count). The Hall–Kier alpha value is -0.880. The minimum Gasteiger partial charge on any atom is -0.481 e. The van der Waals surface area contributed by atoms with E-state index < -0.39 is 5.97 Å². The van der Waals surface area contributed by atoms with Crippen LogP contribution in [0.25, 0.3) is 0 Å². The van der Waals surface area contributed by atoms with E-state index in [1.165, 1.54) is 0 Å². The molecule has 0 aliphatic rings. The number of carboxylic acids is 1. The molecule has 6 heteroatoms. The maximum Gasteiger partial charge on any atom is 0.304 e. The molecule has 0 aliphatic carbocycles. The number of aryl methyl sites for hydroxylation is 2. The van der Waals surface area contributed by atoms with E-state index in [0.29, 0.717) is 13.1 Å². The van der Waals surface area contributed by atoms with Crippen molar-refractivity contribution in [3.05, 3.63) is 15.9 Å². The molecule has 0 amide bonds. The Balaban J connectivity index is 2.62. The molecular weight excluding hydrogens is 286 g/mol. The number of nitrogens with zero attached hydrogens (tertiary/aromatic N) is 2. The van der Waals surface area contributed by atoms with E-state index in [-0.39, 0.29) is 6.42 Å². The zero-order valence-corrected chi connectivity index (χ0v) is 11.7. The lowest BCUT2D eigenvalue weighted by molar-refractivity contribution is -0.136. The minimum atomic E-state index is -0.783. The van der Waals surface area contributed by atoms with E-state index in [1.54, 1.807) is 0 Å². The predicted octanol–water partition coefficient (Wildman–Crippen LogP) is 1.79. The largest absolute Gasteiger partial charge is 0.481 e. The molecule has 0 saturated heterocycles. The van der Waals surface area contributed by atoms with Crippen LogP contribution in [0.4, 0.5) is 0 Å². The minimum absolute atomic E-state index is 0.137. The van der Waals surface area contributed by atoms with Gasteiger partial charge in [-0.25, -0.2) is 0 Å². The molecule has 96 valence electrons. The lowest BCUT2D eigenvalue weighted by Crippen LogP contribution is -2.20. The third kappa shape index (κ3) is 3.81. The molecule has 1 heterocycles. The summed E-state index contributed by atoms with van der Waals surface area (Å²) in [4.78, 5) is 10.4. The first kappa shape index (κ1) is 14.2. The van der Waals surface area contributed by atoms with E-state index in [4.69, 9.17) is 5.11 Å². The van der Waals surface area contributed by atoms with Crippen LogP contribution in [-0.4, -0.2) is 27.4 Å². The first-order chi connectivity index (χ1) is 8.10. The van der Waals surface area contributed by atoms with Crippen molar-refractivity contribution < 1.29 is 9.90 Å². The number of carboxylic acid groups (broad SMARTS) is 1. The second kappa shape index (κ2) is 6.76. The number of aliphatic carboxylic acids is 1. The molecule has 17 heavy (non-hydrogen) atoms. The van der Waals surface area contributed by atoms with Gasteiger partial charge in [0.15, 0.2) is 0 Å². The molecular formula is C11H18BrN3O2. The van der Waals surface area contributed by atoms with Crippen LogP contribution in [0.2, 0.25) is 0 Å². The Morgan fingerprint density at radius 1 is 1.53 bits per heavy atom. The molecule has 1 aromatic rings. The molecule has 5 nitrogen and oxygen atoms in total. The summed E-state index contributed by atoms with van der Waals surface area (Å²) in [5.41, 5.74) is 2.12. The molecule has 0 unspecified atom stereocenters. The molecule has 0 bridgehead atoms. The summed E-state index contributed by atoms with van der Waals surface area (Å²) in [7, 11) is 0. The molecule has 0 aliphatic heterocycles. The quantitative estimate of drug-likeness (QED) is 0.754. The van der Waals surface area contributed by atoms with Crippen molar-refractivity contribution in [2.24, 2.45) is 0 Å². The van der Waals surface area contributed by atoms with E-state index >= 15 is 0 Å². The van der Waals surface area contributed by atoms with Crippen molar-refractivity contribution in [3.63, 3.8) is 0 Å². The number of hydrogen-bond acceptors (Lipinski definition) is 3. The van der Waals surface area contributed by atoms with Crippen molar-refractivity contribution in [3.8, 4) is 0 Å². The molecule has 0 aromatic carbocycles. The van der Waals surface area contributed by atoms with Gasteiger partial charge >= 0.3 is 5.97 Å². The van der Waals surface area contributed by atoms with Crippen LogP contribution in [0.3, 0.4) is 0 Å². The molecule has 0 atom stereocenters. The van der Waals surface area contributed by atoms with Gasteiger partial charge in [-0.05, 0) is 29.3 Å². The molecule has 0 fully saturated rings. The Kier molecular flexibility index (Phi) is 5.64. The molecule has 1 aromatic heterocycles. The average molecular weight is 304 g/mol. The predicted molar refractivity (Wildman–Crippen MR) is 68.9 cm³/mol. The number of aromatic nitrogens is 2. The summed E-state index contributed by atoms with van der Waals surface area (Å²) in [6, 6.07) is 0. The number of rotatable bonds is 7. The standard InChI is InChI=1S/C11H18BrN3O2/c1-3-8-11(12)9(15(4-2)14-8)7-13-6-5-10(16)17/h13H,3-7H2,1-2H3,(H,16,17). The number of halogens is 1. The van der Waals surface area contributed by atoms with Gasteiger partial charge in [0.05, 0.1) is 22.3 Å². The van der Waals surface area contributed by atoms with Crippen molar-refractivity contribution in [1.29, 1.82) is 0 Å². The van der Waals surface area contributed by atoms with Crippen molar-refractivity contribution in [1.82, 2.24) is 15.1 Å². The molecule has 0 spiro atoms. The zero-order valence-electron chi connectivity index (χ0n) is 10.2. The topological polar surface area (TPSA) is 67.2 Å². The van der Waals surface area contributed by atoms with Gasteiger partial charge in [0.1, 0.15) is 0 Å². The van der Waals surface area contributed by atoms with Crippen molar-refractivity contribution in [2.45, 2.75) is 39.8 Å². The molecule has 2 N–H and O–H groups in total. The van der Waals surface area contributed by atoms with Gasteiger partial charge in [0.2, 0.25) is 0 Å². The average Bonchev–Trinajstić information content (AvgIpc) is 2.61. The Morgan fingerprint density at radius 2 is 2.24 bits per heavy atom. The van der Waals surface area contributed by atoms with Crippen LogP contribution in [0, 0.1) is 0 Å². The maximum absolute atomic E-state index is 10.4. The maximum atomic E-state index is 10.4. The number of carbonyl (C=O) groups is 1. The van der Waals surface area contributed by atoms with E-state index in [0.717, 1.165) is 28.8 Å². The van der Waals surface area contributed by atoms with Gasteiger partial charge in [-0.2, -0.15) is 5.10 Å². The number of nitrogens with one attached hydrogen (secondary N) is 1. The highest BCUT2D eigenvalue weighted by Gasteiger charge is 2.13. The van der Waals surface area contributed by atoms with Crippen LogP contribution in [-0.2, 0) is 24.3 Å². The summed E-state index contributed by atoms with van der Waals surface area (Å²) < 4.78 is 2.97. The SMILES string of the molecule is CCc1nn(CC)c(CNCCC(=O)O)c1Br. The first-order valence-corrected chi connectivity index (χ1v) is 6.56. The van der Waals surface area contributed by atoms with Gasteiger partial charge < -0.3 is 10.4 Å². The summed E-state index contributed by atoms with van der Waals surface area (Å²) in [6.07, 6.45) is 1.02. The van der Waals surface area contributed by atoms with Crippen LogP contribution in [0.15, 0.2) is 4.47 Å². The van der Waals surface area contributed by atoms with Crippen LogP contribution in [0.1, 0.15) is 31.7 Å². The van der Waals surface area contributed by atoms with Crippen LogP contribution in [0.5, 0.6) is 0 Å². The van der Waals surface area contributed by atoms with Crippen molar-refractivity contribution >= 4 is 21.9 Å². The summed E-state index contributed by atoms with van der Waals surface area (Å²) >= 11 is 3.54. The third-order valence-electron chi connectivity index (χ3n) is 2.50. The summed E-state index contributed by atoms with van der Waals surface area (Å²) in [5, 5.41) is 16.1. The fraction of sp³-hybridized carbons (Fsp3) is 0.636. The Bertz CT molecular complexity index is 390. The molecule has 0 saturated carbocycles. The summed E-state index contributed by atoms with van der Waals surface area (Å²) in [6.45, 7) is 6.02. The smallest absolute Gasteiger partial charge is 0.304 e. The fourth-order valence-corrected chi connectivity index (χ4v) is 2.29. The fourth-order valence-electron chi connectivity index (χ4n) is 1.59. The Labute approximate surface area is 109 Å². The normalized spacial score (nSPS) is 10.8. The zero-order chi connectivity index (χ0) is 12.8. The van der Waals surface area contributed by atoms with Gasteiger partial charge in [0, 0.05) is 19.6 Å². The number of hydrogen-bond donors (Lipinski definition) is 2. The van der Waals surface area contributed by atoms with E-state index in [9.17, 15) is 4.79 Å². The van der Waals surface area contributed by atoms with Crippen molar-refractivity contribution in [2.75, 3.05) is 6.54 Å². The monoisotopic (exact) mass is 303 g/mol. The van der Waals surface area contributed by atoms with Gasteiger partial charge in [0.25, 0.3) is 0 Å². The van der Waals surface area contributed by atoms with Crippen LogP contribution >= 0.6 is 15.9 Å². The summed E-state index contributed by atoms with van der Waals surface area (Å²) in [5.74, 6) is -0.783. The highest BCUT2D eigenvalue weighted by atomic mass is 79.9. The second-order valence-corrected chi connectivity index (χ2v) is 4.49. The van der Waals surface area contributed by atoms with Gasteiger partial charge in [-0.1, -0.05) is 6.92 Å². The molecule has 0 radical (unpaired) electrons. The highest BCUT2D eigenvalue weighted by Crippen LogP contribution is 2.22. The van der Waals surface area contributed by atoms with Gasteiger partial charge in [-0.3, -0.25) is 9.48 Å². The van der Waals surface area contributed by atoms with Gasteiger partial charge in [-0.15, -0.1) is 0 Å².